The summed E-state index contributed by atoms with van der Waals surface area (Å²) < 4.78 is 0. The Bertz CT molecular complexity index is 754. The summed E-state index contributed by atoms with van der Waals surface area (Å²) in [6.07, 6.45) is 0. The third kappa shape index (κ3) is 1.25. The molecule has 3 heteroatoms. The van der Waals surface area contributed by atoms with Gasteiger partial charge in [-0.25, -0.2) is 0 Å². The van der Waals surface area contributed by atoms with Gasteiger partial charge in [0.1, 0.15) is 0 Å². The first kappa shape index (κ1) is 15.1. The summed E-state index contributed by atoms with van der Waals surface area (Å²) in [7, 11) is 0. The van der Waals surface area contributed by atoms with E-state index < -0.39 is 15.7 Å². The van der Waals surface area contributed by atoms with Gasteiger partial charge in [0.05, 0.1) is 4.87 Å². The van der Waals surface area contributed by atoms with E-state index in [1.165, 1.54) is 11.1 Å². The van der Waals surface area contributed by atoms with Crippen LogP contribution in [0.2, 0.25) is 0 Å². The van der Waals surface area contributed by atoms with Crippen molar-refractivity contribution in [2.45, 2.75) is 39.5 Å². The smallest absolute Gasteiger partial charge is 0.168 e. The van der Waals surface area contributed by atoms with E-state index in [0.29, 0.717) is 11.1 Å². The van der Waals surface area contributed by atoms with E-state index in [-0.39, 0.29) is 23.4 Å². The van der Waals surface area contributed by atoms with Crippen LogP contribution in [0.5, 0.6) is 0 Å². The number of allylic oxidation sites excluding steroid dienone is 2. The lowest BCUT2D eigenvalue weighted by molar-refractivity contribution is 0.0619. The van der Waals surface area contributed by atoms with E-state index >= 15 is 0 Å². The average molecular weight is 329 g/mol. The summed E-state index contributed by atoms with van der Waals surface area (Å²) in [5.41, 5.74) is 2.51. The second-order valence-electron chi connectivity index (χ2n) is 7.89. The van der Waals surface area contributed by atoms with E-state index in [0.717, 1.165) is 0 Å². The number of benzene rings is 1. The van der Waals surface area contributed by atoms with Crippen molar-refractivity contribution < 1.29 is 9.59 Å². The van der Waals surface area contributed by atoms with Crippen LogP contribution in [0, 0.1) is 22.7 Å². The number of fused-ring (bicyclic) bond motifs is 6. The maximum absolute atomic E-state index is 13.3. The van der Waals surface area contributed by atoms with Crippen molar-refractivity contribution in [3.05, 3.63) is 46.5 Å². The zero-order chi connectivity index (χ0) is 16.9. The molecule has 0 radical (unpaired) electrons. The lowest BCUT2D eigenvalue weighted by atomic mass is 9.58. The molecule has 0 amide bonds. The Balaban J connectivity index is 2.08. The lowest BCUT2D eigenvalue weighted by Gasteiger charge is -2.42. The molecule has 3 aliphatic rings. The van der Waals surface area contributed by atoms with E-state index in [1.807, 2.05) is 19.1 Å². The second kappa shape index (κ2) is 3.97. The molecule has 2 bridgehead atoms. The van der Waals surface area contributed by atoms with Crippen LogP contribution in [0.15, 0.2) is 35.4 Å². The molecule has 1 fully saturated rings. The number of carbonyl (C=O) groups excluding carboxylic acids is 2. The fourth-order valence-corrected chi connectivity index (χ4v) is 6.33. The number of rotatable bonds is 0. The highest BCUT2D eigenvalue weighted by Crippen LogP contribution is 2.77. The summed E-state index contributed by atoms with van der Waals surface area (Å²) in [5, 5.41) is 0. The van der Waals surface area contributed by atoms with Crippen molar-refractivity contribution in [1.82, 2.24) is 0 Å². The van der Waals surface area contributed by atoms with E-state index in [2.05, 4.69) is 27.7 Å². The van der Waals surface area contributed by atoms with Crippen LogP contribution in [0.25, 0.3) is 0 Å². The third-order valence-corrected chi connectivity index (χ3v) is 8.46. The minimum Gasteiger partial charge on any atom is -0.294 e. The van der Waals surface area contributed by atoms with Gasteiger partial charge in [-0.2, -0.15) is 0 Å². The van der Waals surface area contributed by atoms with Crippen molar-refractivity contribution in [1.29, 1.82) is 0 Å². The Morgan fingerprint density at radius 2 is 1.17 bits per heavy atom. The van der Waals surface area contributed by atoms with Crippen LogP contribution in [-0.4, -0.2) is 16.4 Å². The van der Waals surface area contributed by atoms with Gasteiger partial charge in [0.15, 0.2) is 11.6 Å². The monoisotopic (exact) mass is 328 g/mol. The minimum absolute atomic E-state index is 0.0788. The van der Waals surface area contributed by atoms with Gasteiger partial charge in [0.2, 0.25) is 0 Å². The Morgan fingerprint density at radius 1 is 0.826 bits per heavy atom. The third-order valence-electron chi connectivity index (χ3n) is 7.67. The fourth-order valence-electron chi connectivity index (χ4n) is 5.81. The van der Waals surface area contributed by atoms with Gasteiger partial charge in [-0.1, -0.05) is 49.3 Å². The SMILES string of the molecule is CC1=C(C)[C@]2(C)[C@@H]3C(=O)c4ccccc4C(=O)[C@@H]3[C@@]1(C)C2(C)Cl. The number of hydrogen-bond donors (Lipinski definition) is 0. The number of halogens is 1. The molecular weight excluding hydrogens is 308 g/mol. The molecule has 0 saturated heterocycles. The van der Waals surface area contributed by atoms with Crippen LogP contribution < -0.4 is 0 Å². The summed E-state index contributed by atoms with van der Waals surface area (Å²) in [6.45, 7) is 10.3. The van der Waals surface area contributed by atoms with Gasteiger partial charge in [0.25, 0.3) is 0 Å². The summed E-state index contributed by atoms with van der Waals surface area (Å²) >= 11 is 7.11. The molecule has 120 valence electrons. The first-order valence-corrected chi connectivity index (χ1v) is 8.54. The predicted octanol–water partition coefficient (Wildman–Crippen LogP) is 4.67. The van der Waals surface area contributed by atoms with Crippen molar-refractivity contribution in [3.63, 3.8) is 0 Å². The molecule has 23 heavy (non-hydrogen) atoms. The second-order valence-corrected chi connectivity index (χ2v) is 8.64. The van der Waals surface area contributed by atoms with E-state index in [4.69, 9.17) is 11.6 Å². The first-order valence-electron chi connectivity index (χ1n) is 8.16. The van der Waals surface area contributed by atoms with E-state index in [9.17, 15) is 9.59 Å². The van der Waals surface area contributed by atoms with Gasteiger partial charge < -0.3 is 0 Å². The quantitative estimate of drug-likeness (QED) is 0.512. The molecular formula is C20H21ClO2. The molecule has 1 saturated carbocycles. The number of Topliss-reactive ketones (excluding diaryl/α,β-unsaturated/α-hetero) is 2. The molecule has 5 atom stereocenters. The Hall–Kier alpha value is -1.41. The van der Waals surface area contributed by atoms with Gasteiger partial charge in [-0.05, 0) is 20.8 Å². The predicted molar refractivity (Wildman–Crippen MR) is 90.9 cm³/mol. The van der Waals surface area contributed by atoms with Crippen LogP contribution in [0.3, 0.4) is 0 Å². The molecule has 1 unspecified atom stereocenters. The minimum atomic E-state index is -0.642. The Kier molecular flexibility index (Phi) is 2.62. The number of ketones is 2. The Morgan fingerprint density at radius 3 is 1.52 bits per heavy atom. The topological polar surface area (TPSA) is 34.1 Å². The summed E-state index contributed by atoms with van der Waals surface area (Å²) in [5.74, 6) is -0.562. The van der Waals surface area contributed by atoms with E-state index in [1.54, 1.807) is 12.1 Å². The molecule has 0 N–H and O–H groups in total. The van der Waals surface area contributed by atoms with Crippen molar-refractivity contribution in [2.75, 3.05) is 0 Å². The highest BCUT2D eigenvalue weighted by molar-refractivity contribution is 6.28. The number of hydrogen-bond acceptors (Lipinski definition) is 2. The summed E-state index contributed by atoms with van der Waals surface area (Å²) in [4.78, 5) is 25.9. The number of alkyl halides is 1. The molecule has 0 aromatic heterocycles. The average Bonchev–Trinajstić information content (AvgIpc) is 2.73. The van der Waals surface area contributed by atoms with Crippen LogP contribution in [0.4, 0.5) is 0 Å². The molecule has 1 aromatic rings. The molecule has 4 rings (SSSR count). The highest BCUT2D eigenvalue weighted by atomic mass is 35.5. The first-order chi connectivity index (χ1) is 10.6. The van der Waals surface area contributed by atoms with Crippen LogP contribution >= 0.6 is 11.6 Å². The Labute approximate surface area is 141 Å². The zero-order valence-electron chi connectivity index (χ0n) is 14.2. The number of carbonyl (C=O) groups is 2. The van der Waals surface area contributed by atoms with Crippen LogP contribution in [-0.2, 0) is 0 Å². The van der Waals surface area contributed by atoms with Gasteiger partial charge in [-0.15, -0.1) is 11.6 Å². The van der Waals surface area contributed by atoms with Crippen molar-refractivity contribution in [2.24, 2.45) is 22.7 Å². The molecule has 0 aliphatic heterocycles. The standard InChI is InChI=1S/C20H21ClO2/c1-10-11(2)19(4)15-14(18(10,3)20(19,5)21)16(22)12-8-6-7-9-13(12)17(15)23/h6-9,14-15H,1-5H3/t14-,15+,18+,19-,20?. The normalized spacial score (nSPS) is 44.6. The largest absolute Gasteiger partial charge is 0.294 e. The molecule has 0 heterocycles. The van der Waals surface area contributed by atoms with Crippen molar-refractivity contribution >= 4 is 23.2 Å². The van der Waals surface area contributed by atoms with Crippen molar-refractivity contribution in [3.8, 4) is 0 Å². The van der Waals surface area contributed by atoms with Gasteiger partial charge in [0, 0.05) is 33.8 Å². The molecule has 2 nitrogen and oxygen atoms in total. The van der Waals surface area contributed by atoms with Gasteiger partial charge >= 0.3 is 0 Å². The maximum Gasteiger partial charge on any atom is 0.168 e. The summed E-state index contributed by atoms with van der Waals surface area (Å²) in [6, 6.07) is 7.22. The molecule has 3 aliphatic carbocycles. The zero-order valence-corrected chi connectivity index (χ0v) is 14.9. The van der Waals surface area contributed by atoms with Crippen LogP contribution in [0.1, 0.15) is 55.3 Å². The maximum atomic E-state index is 13.3. The lowest BCUT2D eigenvalue weighted by Crippen LogP contribution is -2.46. The highest BCUT2D eigenvalue weighted by Gasteiger charge is 2.78. The van der Waals surface area contributed by atoms with Gasteiger partial charge in [-0.3, -0.25) is 9.59 Å². The molecule has 1 aromatic carbocycles. The fraction of sp³-hybridized carbons (Fsp3) is 0.500. The molecule has 0 spiro atoms.